The largest absolute Gasteiger partial charge is 0.485 e. The van der Waals surface area contributed by atoms with Crippen LogP contribution in [-0.2, 0) is 6.18 Å². The Hall–Kier alpha value is -1.83. The van der Waals surface area contributed by atoms with Crippen LogP contribution in [0.1, 0.15) is 26.3 Å². The molecule has 0 aliphatic heterocycles. The van der Waals surface area contributed by atoms with Crippen molar-refractivity contribution in [3.63, 3.8) is 0 Å². The number of nitrogens with zero attached hydrogens (tertiary/aromatic N) is 1. The minimum atomic E-state index is -4.63. The van der Waals surface area contributed by atoms with Gasteiger partial charge in [-0.05, 0) is 32.9 Å². The molecule has 0 heterocycles. The van der Waals surface area contributed by atoms with Gasteiger partial charge in [0.05, 0.1) is 10.5 Å². The highest BCUT2D eigenvalue weighted by molar-refractivity contribution is 5.49. The predicted molar refractivity (Wildman–Crippen MR) is 71.3 cm³/mol. The molecule has 1 N–H and O–H groups in total. The number of benzene rings is 1. The fourth-order valence-corrected chi connectivity index (χ4v) is 1.55. The molecule has 5 nitrogen and oxygen atoms in total. The van der Waals surface area contributed by atoms with E-state index < -0.39 is 22.4 Å². The zero-order chi connectivity index (χ0) is 16.3. The van der Waals surface area contributed by atoms with Crippen LogP contribution >= 0.6 is 0 Å². The predicted octanol–water partition coefficient (Wildman–Crippen LogP) is 3.38. The summed E-state index contributed by atoms with van der Waals surface area (Å²) in [4.78, 5) is 9.95. The summed E-state index contributed by atoms with van der Waals surface area (Å²) in [7, 11) is 0. The van der Waals surface area contributed by atoms with Gasteiger partial charge in [0, 0.05) is 18.2 Å². The summed E-state index contributed by atoms with van der Waals surface area (Å²) in [6.07, 6.45) is -4.63. The maximum atomic E-state index is 12.5. The summed E-state index contributed by atoms with van der Waals surface area (Å²) in [6, 6.07) is 2.21. The van der Waals surface area contributed by atoms with Crippen molar-refractivity contribution < 1.29 is 22.8 Å². The van der Waals surface area contributed by atoms with E-state index in [-0.39, 0.29) is 17.9 Å². The van der Waals surface area contributed by atoms with Crippen molar-refractivity contribution >= 4 is 5.69 Å². The first-order valence-electron chi connectivity index (χ1n) is 6.24. The molecule has 0 unspecified atom stereocenters. The van der Waals surface area contributed by atoms with Gasteiger partial charge in [-0.1, -0.05) is 0 Å². The number of alkyl halides is 3. The van der Waals surface area contributed by atoms with Crippen LogP contribution in [0, 0.1) is 10.1 Å². The van der Waals surface area contributed by atoms with Crippen LogP contribution in [-0.4, -0.2) is 23.6 Å². The number of ether oxygens (including phenoxy) is 1. The monoisotopic (exact) mass is 306 g/mol. The molecule has 8 heteroatoms. The second-order valence-electron chi connectivity index (χ2n) is 5.46. The highest BCUT2D eigenvalue weighted by Crippen LogP contribution is 2.35. The van der Waals surface area contributed by atoms with Gasteiger partial charge < -0.3 is 10.1 Å². The molecule has 0 saturated heterocycles. The number of rotatable bonds is 5. The molecule has 1 aromatic carbocycles. The molecule has 0 fully saturated rings. The maximum Gasteiger partial charge on any atom is 0.416 e. The van der Waals surface area contributed by atoms with Crippen LogP contribution in [0.4, 0.5) is 18.9 Å². The van der Waals surface area contributed by atoms with Gasteiger partial charge in [0.15, 0.2) is 5.75 Å². The van der Waals surface area contributed by atoms with Crippen molar-refractivity contribution in [3.05, 3.63) is 33.9 Å². The van der Waals surface area contributed by atoms with Gasteiger partial charge in [-0.25, -0.2) is 0 Å². The van der Waals surface area contributed by atoms with E-state index in [4.69, 9.17) is 4.74 Å². The van der Waals surface area contributed by atoms with Crippen molar-refractivity contribution in [3.8, 4) is 5.75 Å². The Kier molecular flexibility index (Phi) is 5.16. The molecule has 0 bridgehead atoms. The van der Waals surface area contributed by atoms with E-state index in [2.05, 4.69) is 5.32 Å². The average Bonchev–Trinajstić information content (AvgIpc) is 2.32. The second kappa shape index (κ2) is 6.30. The van der Waals surface area contributed by atoms with Crippen molar-refractivity contribution in [2.75, 3.05) is 13.2 Å². The van der Waals surface area contributed by atoms with Crippen LogP contribution in [0.5, 0.6) is 5.75 Å². The van der Waals surface area contributed by atoms with Crippen molar-refractivity contribution in [1.82, 2.24) is 5.32 Å². The Morgan fingerprint density at radius 3 is 2.38 bits per heavy atom. The highest BCUT2D eigenvalue weighted by atomic mass is 19.4. The number of hydrogen-bond acceptors (Lipinski definition) is 4. The maximum absolute atomic E-state index is 12.5. The van der Waals surface area contributed by atoms with E-state index in [0.29, 0.717) is 12.6 Å². The van der Waals surface area contributed by atoms with Crippen LogP contribution in [0.25, 0.3) is 0 Å². The minimum Gasteiger partial charge on any atom is -0.485 e. The summed E-state index contributed by atoms with van der Waals surface area (Å²) < 4.78 is 42.8. The number of halogens is 3. The Labute approximate surface area is 120 Å². The number of hydrogen-bond donors (Lipinski definition) is 1. The Morgan fingerprint density at radius 1 is 1.29 bits per heavy atom. The first-order chi connectivity index (χ1) is 9.50. The van der Waals surface area contributed by atoms with E-state index in [1.165, 1.54) is 0 Å². The summed E-state index contributed by atoms with van der Waals surface area (Å²) in [5, 5.41) is 13.9. The number of nitrogens with one attached hydrogen (secondary N) is 1. The van der Waals surface area contributed by atoms with Gasteiger partial charge in [-0.3, -0.25) is 10.1 Å². The van der Waals surface area contributed by atoms with Crippen molar-refractivity contribution in [2.45, 2.75) is 32.5 Å². The minimum absolute atomic E-state index is 0.115. The molecule has 0 aliphatic rings. The van der Waals surface area contributed by atoms with Gasteiger partial charge >= 0.3 is 11.9 Å². The van der Waals surface area contributed by atoms with Crippen molar-refractivity contribution in [2.24, 2.45) is 0 Å². The first-order valence-corrected chi connectivity index (χ1v) is 6.24. The van der Waals surface area contributed by atoms with Gasteiger partial charge in [0.2, 0.25) is 0 Å². The molecular weight excluding hydrogens is 289 g/mol. The van der Waals surface area contributed by atoms with E-state index in [1.807, 2.05) is 20.8 Å². The third-order valence-corrected chi connectivity index (χ3v) is 2.50. The van der Waals surface area contributed by atoms with E-state index in [1.54, 1.807) is 0 Å². The molecule has 0 aromatic heterocycles. The second-order valence-corrected chi connectivity index (χ2v) is 5.46. The van der Waals surface area contributed by atoms with Crippen LogP contribution in [0.15, 0.2) is 18.2 Å². The Balaban J connectivity index is 2.81. The van der Waals surface area contributed by atoms with Crippen LogP contribution < -0.4 is 10.1 Å². The summed E-state index contributed by atoms with van der Waals surface area (Å²) in [6.45, 7) is 6.35. The summed E-state index contributed by atoms with van der Waals surface area (Å²) in [5.41, 5.74) is -1.91. The quantitative estimate of drug-likeness (QED) is 0.514. The third kappa shape index (κ3) is 5.58. The molecule has 0 aliphatic carbocycles. The van der Waals surface area contributed by atoms with Gasteiger partial charge in [0.1, 0.15) is 6.61 Å². The van der Waals surface area contributed by atoms with E-state index in [0.717, 1.165) is 12.1 Å². The Bertz CT molecular complexity index is 510. The molecule has 1 aromatic rings. The fourth-order valence-electron chi connectivity index (χ4n) is 1.55. The smallest absolute Gasteiger partial charge is 0.416 e. The number of nitro benzene ring substituents is 1. The standard InChI is InChI=1S/C13H17F3N2O3/c1-12(2,3)17-6-7-21-11-5-4-9(13(14,15)16)8-10(11)18(19)20/h4-5,8,17H,6-7H2,1-3H3. The zero-order valence-electron chi connectivity index (χ0n) is 12.0. The van der Waals surface area contributed by atoms with Crippen LogP contribution in [0.3, 0.4) is 0 Å². The lowest BCUT2D eigenvalue weighted by molar-refractivity contribution is -0.386. The first kappa shape index (κ1) is 17.2. The molecular formula is C13H17F3N2O3. The third-order valence-electron chi connectivity index (χ3n) is 2.50. The van der Waals surface area contributed by atoms with Gasteiger partial charge in [0.25, 0.3) is 0 Å². The van der Waals surface area contributed by atoms with Gasteiger partial charge in [-0.2, -0.15) is 13.2 Å². The molecule has 0 saturated carbocycles. The van der Waals surface area contributed by atoms with Gasteiger partial charge in [-0.15, -0.1) is 0 Å². The van der Waals surface area contributed by atoms with E-state index in [9.17, 15) is 23.3 Å². The summed E-state index contributed by atoms with van der Waals surface area (Å²) >= 11 is 0. The molecule has 118 valence electrons. The van der Waals surface area contributed by atoms with E-state index >= 15 is 0 Å². The topological polar surface area (TPSA) is 64.4 Å². The lowest BCUT2D eigenvalue weighted by Gasteiger charge is -2.20. The molecule has 0 atom stereocenters. The Morgan fingerprint density at radius 2 is 1.90 bits per heavy atom. The molecule has 21 heavy (non-hydrogen) atoms. The zero-order valence-corrected chi connectivity index (χ0v) is 12.0. The molecule has 0 spiro atoms. The van der Waals surface area contributed by atoms with Crippen LogP contribution in [0.2, 0.25) is 0 Å². The molecule has 0 amide bonds. The lowest BCUT2D eigenvalue weighted by atomic mass is 10.1. The number of nitro groups is 1. The highest BCUT2D eigenvalue weighted by Gasteiger charge is 2.33. The van der Waals surface area contributed by atoms with Crippen molar-refractivity contribution in [1.29, 1.82) is 0 Å². The molecule has 1 rings (SSSR count). The molecule has 0 radical (unpaired) electrons. The lowest BCUT2D eigenvalue weighted by Crippen LogP contribution is -2.38. The average molecular weight is 306 g/mol. The normalized spacial score (nSPS) is 12.3. The SMILES string of the molecule is CC(C)(C)NCCOc1ccc(C(F)(F)F)cc1[N+](=O)[O-]. The summed E-state index contributed by atoms with van der Waals surface area (Å²) in [5.74, 6) is -0.177. The fraction of sp³-hybridized carbons (Fsp3) is 0.538.